The highest BCUT2D eigenvalue weighted by molar-refractivity contribution is 6.04. The molecule has 0 aromatic heterocycles. The molecular weight excluding hydrogens is 544 g/mol. The molecule has 3 aromatic carbocycles. The van der Waals surface area contributed by atoms with Crippen LogP contribution in [0.4, 0.5) is 27.5 Å². The number of benzene rings is 3. The number of piperazine rings is 1. The molecule has 2 fully saturated rings. The summed E-state index contributed by atoms with van der Waals surface area (Å²) in [6.07, 6.45) is 0.810. The molecule has 3 amide bonds. The molecule has 0 radical (unpaired) electrons. The maximum atomic E-state index is 13.6. The Balaban J connectivity index is 1.30. The third-order valence-electron chi connectivity index (χ3n) is 8.01. The first kappa shape index (κ1) is 30.2. The minimum atomic E-state index is -0.349. The lowest BCUT2D eigenvalue weighted by Gasteiger charge is -2.38. The Labute approximate surface area is 253 Å². The van der Waals surface area contributed by atoms with Crippen LogP contribution in [0.5, 0.6) is 5.75 Å². The number of anilines is 4. The molecule has 0 spiro atoms. The lowest BCUT2D eigenvalue weighted by molar-refractivity contribution is 0.0383. The van der Waals surface area contributed by atoms with Crippen LogP contribution >= 0.6 is 0 Å². The van der Waals surface area contributed by atoms with Crippen molar-refractivity contribution in [3.63, 3.8) is 0 Å². The molecule has 5 rings (SSSR count). The quantitative estimate of drug-likeness (QED) is 0.326. The fourth-order valence-electron chi connectivity index (χ4n) is 5.63. The van der Waals surface area contributed by atoms with E-state index >= 15 is 0 Å². The fourth-order valence-corrected chi connectivity index (χ4v) is 5.63. The minimum Gasteiger partial charge on any atom is -0.495 e. The maximum absolute atomic E-state index is 13.6. The maximum Gasteiger partial charge on any atom is 0.323 e. The number of nitrogens with one attached hydrogen (secondary N) is 3. The number of para-hydroxylation sites is 3. The predicted octanol–water partition coefficient (Wildman–Crippen LogP) is 4.29. The molecular formula is C33H42N6O4. The van der Waals surface area contributed by atoms with Gasteiger partial charge in [0.25, 0.3) is 5.91 Å². The highest BCUT2D eigenvalue weighted by Gasteiger charge is 2.24. The molecule has 0 atom stereocenters. The zero-order valence-electron chi connectivity index (χ0n) is 25.1. The van der Waals surface area contributed by atoms with Crippen molar-refractivity contribution in [2.45, 2.75) is 13.3 Å². The first-order valence-corrected chi connectivity index (χ1v) is 15.1. The molecule has 2 aliphatic heterocycles. The van der Waals surface area contributed by atoms with Gasteiger partial charge in [0.05, 0.1) is 31.6 Å². The van der Waals surface area contributed by atoms with E-state index in [0.29, 0.717) is 17.8 Å². The van der Waals surface area contributed by atoms with Crippen molar-refractivity contribution in [1.82, 2.24) is 10.2 Å². The van der Waals surface area contributed by atoms with E-state index in [4.69, 9.17) is 9.47 Å². The topological polar surface area (TPSA) is 98.4 Å². The summed E-state index contributed by atoms with van der Waals surface area (Å²) in [6, 6.07) is 21.0. The average Bonchev–Trinajstić information content (AvgIpc) is 3.05. The number of carbonyl (C=O) groups excluding carboxylic acids is 2. The zero-order chi connectivity index (χ0) is 30.0. The summed E-state index contributed by atoms with van der Waals surface area (Å²) < 4.78 is 11.0. The monoisotopic (exact) mass is 586 g/mol. The van der Waals surface area contributed by atoms with E-state index in [1.807, 2.05) is 54.6 Å². The number of urea groups is 1. The van der Waals surface area contributed by atoms with Gasteiger partial charge in [-0.15, -0.1) is 0 Å². The Morgan fingerprint density at radius 2 is 1.53 bits per heavy atom. The van der Waals surface area contributed by atoms with Crippen LogP contribution in [0.2, 0.25) is 0 Å². The summed E-state index contributed by atoms with van der Waals surface area (Å²) in [4.78, 5) is 33.4. The molecule has 2 saturated heterocycles. The van der Waals surface area contributed by atoms with Crippen molar-refractivity contribution >= 4 is 34.7 Å². The van der Waals surface area contributed by atoms with Gasteiger partial charge in [0.15, 0.2) is 0 Å². The molecule has 0 bridgehead atoms. The number of hydrogen-bond acceptors (Lipinski definition) is 7. The van der Waals surface area contributed by atoms with Crippen LogP contribution < -0.4 is 30.5 Å². The summed E-state index contributed by atoms with van der Waals surface area (Å²) in [5.41, 5.74) is 4.85. The van der Waals surface area contributed by atoms with Gasteiger partial charge in [-0.2, -0.15) is 0 Å². The molecule has 0 aliphatic carbocycles. The Morgan fingerprint density at radius 3 is 2.28 bits per heavy atom. The molecule has 3 N–H and O–H groups in total. The van der Waals surface area contributed by atoms with Crippen LogP contribution in [0, 0.1) is 0 Å². The van der Waals surface area contributed by atoms with Crippen LogP contribution in [0.25, 0.3) is 0 Å². The molecule has 43 heavy (non-hydrogen) atoms. The summed E-state index contributed by atoms with van der Waals surface area (Å²) >= 11 is 0. The Kier molecular flexibility index (Phi) is 10.4. The van der Waals surface area contributed by atoms with Gasteiger partial charge in [0.1, 0.15) is 5.75 Å². The van der Waals surface area contributed by atoms with Gasteiger partial charge in [-0.05, 0) is 48.4 Å². The van der Waals surface area contributed by atoms with Crippen molar-refractivity contribution in [3.05, 3.63) is 77.9 Å². The van der Waals surface area contributed by atoms with Gasteiger partial charge in [-0.25, -0.2) is 4.79 Å². The lowest BCUT2D eigenvalue weighted by atomic mass is 10.1. The molecule has 0 unspecified atom stereocenters. The second-order valence-corrected chi connectivity index (χ2v) is 10.7. The third kappa shape index (κ3) is 7.77. The Morgan fingerprint density at radius 1 is 0.837 bits per heavy atom. The number of nitrogens with zero attached hydrogens (tertiary/aromatic N) is 3. The van der Waals surface area contributed by atoms with Gasteiger partial charge < -0.3 is 35.2 Å². The van der Waals surface area contributed by atoms with Gasteiger partial charge in [-0.1, -0.05) is 37.3 Å². The number of hydrogen-bond donors (Lipinski definition) is 3. The summed E-state index contributed by atoms with van der Waals surface area (Å²) in [5, 5.41) is 8.98. The van der Waals surface area contributed by atoms with E-state index in [-0.39, 0.29) is 11.9 Å². The van der Waals surface area contributed by atoms with Crippen LogP contribution in [0.15, 0.2) is 66.7 Å². The van der Waals surface area contributed by atoms with Crippen molar-refractivity contribution in [1.29, 1.82) is 0 Å². The van der Waals surface area contributed by atoms with Crippen molar-refractivity contribution in [2.24, 2.45) is 0 Å². The van der Waals surface area contributed by atoms with Gasteiger partial charge in [-0.3, -0.25) is 9.69 Å². The second-order valence-electron chi connectivity index (χ2n) is 10.7. The number of rotatable bonds is 10. The minimum absolute atomic E-state index is 0.157. The first-order valence-electron chi connectivity index (χ1n) is 15.1. The van der Waals surface area contributed by atoms with E-state index in [2.05, 4.69) is 43.6 Å². The van der Waals surface area contributed by atoms with E-state index in [1.165, 1.54) is 0 Å². The van der Waals surface area contributed by atoms with Crippen LogP contribution in [-0.2, 0) is 11.2 Å². The standard InChI is InChI=1S/C33H42N6O4/c1-3-25-8-4-5-9-28(25)36-33(41)35-26-12-13-29(27(24-26)32(40)34-14-15-37-20-22-43-23-21-37)38-16-18-39(19-17-38)30-10-6-7-11-31(30)42-2/h4-13,24H,3,14-23H2,1-2H3,(H,34,40)(H2,35,36,41). The fraction of sp³-hybridized carbons (Fsp3) is 0.394. The van der Waals surface area contributed by atoms with Crippen molar-refractivity contribution in [3.8, 4) is 5.75 Å². The van der Waals surface area contributed by atoms with E-state index in [9.17, 15) is 9.59 Å². The van der Waals surface area contributed by atoms with Gasteiger partial charge in [0.2, 0.25) is 0 Å². The van der Waals surface area contributed by atoms with Gasteiger partial charge >= 0.3 is 6.03 Å². The molecule has 2 heterocycles. The van der Waals surface area contributed by atoms with Crippen molar-refractivity contribution < 1.29 is 19.1 Å². The van der Waals surface area contributed by atoms with Crippen LogP contribution in [-0.4, -0.2) is 89.5 Å². The summed E-state index contributed by atoms with van der Waals surface area (Å²) in [6.45, 7) is 9.59. The third-order valence-corrected chi connectivity index (χ3v) is 8.01. The first-order chi connectivity index (χ1) is 21.1. The van der Waals surface area contributed by atoms with Crippen LogP contribution in [0.3, 0.4) is 0 Å². The number of morpholine rings is 1. The highest BCUT2D eigenvalue weighted by atomic mass is 16.5. The summed E-state index contributed by atoms with van der Waals surface area (Å²) in [7, 11) is 1.69. The molecule has 10 heteroatoms. The molecule has 3 aromatic rings. The number of carbonyl (C=O) groups is 2. The number of ether oxygens (including phenoxy) is 2. The Hall–Kier alpha value is -4.28. The number of aryl methyl sites for hydroxylation is 1. The molecule has 2 aliphatic rings. The molecule has 0 saturated carbocycles. The normalized spacial score (nSPS) is 15.6. The SMILES string of the molecule is CCc1ccccc1NC(=O)Nc1ccc(N2CCN(c3ccccc3OC)CC2)c(C(=O)NCCN2CCOCC2)c1. The predicted molar refractivity (Wildman–Crippen MR) is 172 cm³/mol. The second kappa shape index (κ2) is 14.8. The average molecular weight is 587 g/mol. The van der Waals surface area contributed by atoms with Crippen molar-refractivity contribution in [2.75, 3.05) is 93.1 Å². The number of methoxy groups -OCH3 is 1. The molecule has 228 valence electrons. The smallest absolute Gasteiger partial charge is 0.323 e. The zero-order valence-corrected chi connectivity index (χ0v) is 25.1. The van der Waals surface area contributed by atoms with E-state index in [0.717, 1.165) is 93.8 Å². The van der Waals surface area contributed by atoms with Crippen LogP contribution in [0.1, 0.15) is 22.8 Å². The summed E-state index contributed by atoms with van der Waals surface area (Å²) in [5.74, 6) is 0.697. The Bertz CT molecular complexity index is 1390. The van der Waals surface area contributed by atoms with E-state index in [1.54, 1.807) is 13.2 Å². The molecule has 10 nitrogen and oxygen atoms in total. The van der Waals surface area contributed by atoms with Gasteiger partial charge in [0, 0.05) is 69.4 Å². The highest BCUT2D eigenvalue weighted by Crippen LogP contribution is 2.31. The lowest BCUT2D eigenvalue weighted by Crippen LogP contribution is -2.47. The number of amides is 3. The largest absolute Gasteiger partial charge is 0.495 e. The van der Waals surface area contributed by atoms with E-state index < -0.39 is 0 Å².